The van der Waals surface area contributed by atoms with Gasteiger partial charge >= 0.3 is 6.18 Å². The van der Waals surface area contributed by atoms with Crippen molar-refractivity contribution in [3.05, 3.63) is 11.9 Å². The van der Waals surface area contributed by atoms with Gasteiger partial charge in [0.25, 0.3) is 0 Å². The summed E-state index contributed by atoms with van der Waals surface area (Å²) in [6.07, 6.45) is -3.92. The number of aromatic nitrogens is 2. The Balaban J connectivity index is 2.84. The molecule has 1 aromatic rings. The Morgan fingerprint density at radius 1 is 1.39 bits per heavy atom. The van der Waals surface area contributed by atoms with Crippen molar-refractivity contribution in [2.24, 2.45) is 11.8 Å². The van der Waals surface area contributed by atoms with E-state index in [0.717, 1.165) is 6.42 Å². The third-order valence-electron chi connectivity index (χ3n) is 2.05. The number of alkyl halides is 3. The largest absolute Gasteiger partial charge is 0.478 e. The number of hydrogen-bond donors (Lipinski definition) is 2. The van der Waals surface area contributed by atoms with Crippen LogP contribution >= 0.6 is 0 Å². The van der Waals surface area contributed by atoms with Crippen LogP contribution in [0.4, 0.5) is 19.0 Å². The second-order valence-electron chi connectivity index (χ2n) is 4.09. The van der Waals surface area contributed by atoms with Crippen LogP contribution in [0.15, 0.2) is 6.07 Å². The minimum atomic E-state index is -4.64. The van der Waals surface area contributed by atoms with E-state index in [1.807, 2.05) is 19.3 Å². The van der Waals surface area contributed by atoms with Crippen LogP contribution in [0.5, 0.6) is 5.88 Å². The lowest BCUT2D eigenvalue weighted by Crippen LogP contribution is -2.16. The summed E-state index contributed by atoms with van der Waals surface area (Å²) in [5.41, 5.74) is 2.05. The molecule has 0 aliphatic rings. The lowest BCUT2D eigenvalue weighted by Gasteiger charge is -2.11. The van der Waals surface area contributed by atoms with E-state index in [0.29, 0.717) is 5.92 Å². The van der Waals surface area contributed by atoms with Gasteiger partial charge in [0.2, 0.25) is 11.7 Å². The molecular weight excluding hydrogens is 249 g/mol. The van der Waals surface area contributed by atoms with Crippen LogP contribution in [0.1, 0.15) is 26.1 Å². The summed E-state index contributed by atoms with van der Waals surface area (Å²) in [6, 6.07) is 1.22. The molecule has 8 heteroatoms. The Bertz CT molecular complexity index is 395. The zero-order chi connectivity index (χ0) is 13.8. The molecule has 0 saturated carbocycles. The number of rotatable bonds is 5. The van der Waals surface area contributed by atoms with Gasteiger partial charge < -0.3 is 10.2 Å². The van der Waals surface area contributed by atoms with Gasteiger partial charge in [-0.3, -0.25) is 0 Å². The first-order valence-corrected chi connectivity index (χ1v) is 5.38. The van der Waals surface area contributed by atoms with Gasteiger partial charge in [0.15, 0.2) is 0 Å². The van der Waals surface area contributed by atoms with Crippen LogP contribution in [0.2, 0.25) is 0 Å². The summed E-state index contributed by atoms with van der Waals surface area (Å²) >= 11 is 0. The molecule has 0 saturated heterocycles. The smallest absolute Gasteiger partial charge is 0.451 e. The van der Waals surface area contributed by atoms with Crippen molar-refractivity contribution in [1.29, 1.82) is 0 Å². The van der Waals surface area contributed by atoms with E-state index in [4.69, 9.17) is 10.6 Å². The molecule has 18 heavy (non-hydrogen) atoms. The topological polar surface area (TPSA) is 73.1 Å². The number of nitrogens with two attached hydrogens (primary N) is 1. The number of anilines is 1. The Kier molecular flexibility index (Phi) is 4.71. The average Bonchev–Trinajstić information content (AvgIpc) is 2.27. The predicted molar refractivity (Wildman–Crippen MR) is 59.8 cm³/mol. The van der Waals surface area contributed by atoms with Gasteiger partial charge in [-0.2, -0.15) is 18.2 Å². The van der Waals surface area contributed by atoms with Crippen molar-refractivity contribution >= 4 is 5.82 Å². The summed E-state index contributed by atoms with van der Waals surface area (Å²) in [5.74, 6) is 3.87. The highest BCUT2D eigenvalue weighted by molar-refractivity contribution is 5.37. The van der Waals surface area contributed by atoms with Gasteiger partial charge in [0.05, 0.1) is 6.61 Å². The molecule has 1 heterocycles. The summed E-state index contributed by atoms with van der Waals surface area (Å²) in [7, 11) is 0. The molecule has 102 valence electrons. The third kappa shape index (κ3) is 4.36. The molecule has 3 N–H and O–H groups in total. The van der Waals surface area contributed by atoms with Gasteiger partial charge in [-0.1, -0.05) is 13.8 Å². The Morgan fingerprint density at radius 2 is 2.06 bits per heavy atom. The van der Waals surface area contributed by atoms with Gasteiger partial charge in [-0.25, -0.2) is 10.8 Å². The maximum absolute atomic E-state index is 12.5. The Morgan fingerprint density at radius 3 is 2.56 bits per heavy atom. The Hall–Kier alpha value is -1.57. The lowest BCUT2D eigenvalue weighted by atomic mass is 10.1. The number of halogens is 3. The summed E-state index contributed by atoms with van der Waals surface area (Å²) < 4.78 is 42.6. The first kappa shape index (κ1) is 14.5. The second-order valence-corrected chi connectivity index (χ2v) is 4.09. The molecule has 0 aliphatic carbocycles. The number of hydrogen-bond acceptors (Lipinski definition) is 5. The van der Waals surface area contributed by atoms with E-state index >= 15 is 0 Å². The average molecular weight is 264 g/mol. The molecule has 0 spiro atoms. The van der Waals surface area contributed by atoms with Gasteiger partial charge in [0, 0.05) is 6.07 Å². The highest BCUT2D eigenvalue weighted by atomic mass is 19.4. The fourth-order valence-electron chi connectivity index (χ4n) is 1.10. The van der Waals surface area contributed by atoms with E-state index < -0.39 is 12.0 Å². The SMILES string of the molecule is CC(C)CCOc1cc(NN)nc(C(F)(F)F)n1. The zero-order valence-electron chi connectivity index (χ0n) is 10.1. The van der Waals surface area contributed by atoms with E-state index in [-0.39, 0.29) is 18.3 Å². The fourth-order valence-corrected chi connectivity index (χ4v) is 1.10. The molecule has 0 amide bonds. The highest BCUT2D eigenvalue weighted by Crippen LogP contribution is 2.28. The molecule has 0 aliphatic heterocycles. The second kappa shape index (κ2) is 5.85. The van der Waals surface area contributed by atoms with E-state index in [9.17, 15) is 13.2 Å². The van der Waals surface area contributed by atoms with Crippen LogP contribution in [0.3, 0.4) is 0 Å². The van der Waals surface area contributed by atoms with Crippen molar-refractivity contribution in [2.45, 2.75) is 26.4 Å². The minimum Gasteiger partial charge on any atom is -0.478 e. The summed E-state index contributed by atoms with van der Waals surface area (Å²) in [6.45, 7) is 4.25. The molecule has 0 atom stereocenters. The summed E-state index contributed by atoms with van der Waals surface area (Å²) in [5, 5.41) is 0. The molecule has 0 unspecified atom stereocenters. The monoisotopic (exact) mass is 264 g/mol. The van der Waals surface area contributed by atoms with Crippen molar-refractivity contribution in [3.8, 4) is 5.88 Å². The lowest BCUT2D eigenvalue weighted by molar-refractivity contribution is -0.145. The molecular formula is C10H15F3N4O. The van der Waals surface area contributed by atoms with Gasteiger partial charge in [-0.15, -0.1) is 0 Å². The normalized spacial score (nSPS) is 11.7. The number of nitrogens with one attached hydrogen (secondary N) is 1. The molecule has 0 aromatic carbocycles. The maximum atomic E-state index is 12.5. The standard InChI is InChI=1S/C10H15F3N4O/c1-6(2)3-4-18-8-5-7(17-14)15-9(16-8)10(11,12)13/h5-6H,3-4,14H2,1-2H3,(H,15,16,17). The van der Waals surface area contributed by atoms with Crippen LogP contribution in [-0.2, 0) is 6.18 Å². The van der Waals surface area contributed by atoms with Crippen molar-refractivity contribution in [1.82, 2.24) is 9.97 Å². The minimum absolute atomic E-state index is 0.142. The number of ether oxygens (including phenoxy) is 1. The molecule has 0 fully saturated rings. The van der Waals surface area contributed by atoms with Crippen LogP contribution < -0.4 is 16.0 Å². The quantitative estimate of drug-likeness (QED) is 0.630. The van der Waals surface area contributed by atoms with Crippen molar-refractivity contribution < 1.29 is 17.9 Å². The van der Waals surface area contributed by atoms with Crippen molar-refractivity contribution in [2.75, 3.05) is 12.0 Å². The molecule has 1 aromatic heterocycles. The van der Waals surface area contributed by atoms with Crippen molar-refractivity contribution in [3.63, 3.8) is 0 Å². The zero-order valence-corrected chi connectivity index (χ0v) is 10.1. The van der Waals surface area contributed by atoms with E-state index in [1.54, 1.807) is 0 Å². The number of nitrogen functional groups attached to an aromatic ring is 1. The molecule has 0 bridgehead atoms. The predicted octanol–water partition coefficient (Wildman–Crippen LogP) is 2.21. The molecule has 5 nitrogen and oxygen atoms in total. The third-order valence-corrected chi connectivity index (χ3v) is 2.05. The molecule has 0 radical (unpaired) electrons. The van der Waals surface area contributed by atoms with E-state index in [1.165, 1.54) is 6.07 Å². The summed E-state index contributed by atoms with van der Waals surface area (Å²) in [4.78, 5) is 6.51. The van der Waals surface area contributed by atoms with Crippen LogP contribution in [-0.4, -0.2) is 16.6 Å². The first-order valence-electron chi connectivity index (χ1n) is 5.38. The van der Waals surface area contributed by atoms with Crippen LogP contribution in [0.25, 0.3) is 0 Å². The maximum Gasteiger partial charge on any atom is 0.451 e. The van der Waals surface area contributed by atoms with Gasteiger partial charge in [-0.05, 0) is 12.3 Å². The first-order chi connectivity index (χ1) is 8.32. The van der Waals surface area contributed by atoms with Gasteiger partial charge in [0.1, 0.15) is 5.82 Å². The number of hydrazine groups is 1. The number of nitrogens with zero attached hydrogens (tertiary/aromatic N) is 2. The van der Waals surface area contributed by atoms with E-state index in [2.05, 4.69) is 9.97 Å². The highest BCUT2D eigenvalue weighted by Gasteiger charge is 2.35. The Labute approximate surface area is 103 Å². The van der Waals surface area contributed by atoms with Crippen LogP contribution in [0, 0.1) is 5.92 Å². The fraction of sp³-hybridized carbons (Fsp3) is 0.600. The molecule has 1 rings (SSSR count).